The molecular formula is C26H35NO4. The first-order valence-corrected chi connectivity index (χ1v) is 11.0. The van der Waals surface area contributed by atoms with E-state index in [9.17, 15) is 4.79 Å². The van der Waals surface area contributed by atoms with Gasteiger partial charge < -0.3 is 14.2 Å². The van der Waals surface area contributed by atoms with Crippen LogP contribution in [0.25, 0.3) is 0 Å². The number of hydrogen-bond donors (Lipinski definition) is 0. The predicted molar refractivity (Wildman–Crippen MR) is 124 cm³/mol. The molecule has 0 spiro atoms. The number of benzene rings is 1. The van der Waals surface area contributed by atoms with Crippen LogP contribution in [0.3, 0.4) is 0 Å². The lowest BCUT2D eigenvalue weighted by molar-refractivity contribution is -0.116. The predicted octanol–water partition coefficient (Wildman–Crippen LogP) is 5.55. The molecule has 1 aromatic rings. The molecule has 0 fully saturated rings. The molecule has 0 radical (unpaired) electrons. The summed E-state index contributed by atoms with van der Waals surface area (Å²) in [6.45, 7) is 11.5. The van der Waals surface area contributed by atoms with E-state index in [1.165, 1.54) is 11.1 Å². The summed E-state index contributed by atoms with van der Waals surface area (Å²) >= 11 is 0. The molecule has 2 aliphatic rings. The molecule has 168 valence electrons. The van der Waals surface area contributed by atoms with Gasteiger partial charge in [-0.05, 0) is 70.7 Å². The van der Waals surface area contributed by atoms with Crippen LogP contribution in [0.15, 0.2) is 41.5 Å². The first kappa shape index (κ1) is 23.1. The van der Waals surface area contributed by atoms with Crippen LogP contribution in [0.2, 0.25) is 0 Å². The minimum absolute atomic E-state index is 0.0693. The molecular weight excluding hydrogens is 390 g/mol. The van der Waals surface area contributed by atoms with Gasteiger partial charge in [0.1, 0.15) is 0 Å². The first-order chi connectivity index (χ1) is 14.8. The molecule has 2 heterocycles. The van der Waals surface area contributed by atoms with E-state index in [0.717, 1.165) is 42.7 Å². The number of likely N-dealkylation sites (N-methyl/N-ethyl adjacent to an activating group) is 1. The smallest absolute Gasteiger partial charge is 0.231 e. The number of Topliss-reactive ketones (excluding diaryl/α,β-unsaturated/α-hetero) is 1. The molecule has 31 heavy (non-hydrogen) atoms. The molecule has 3 rings (SSSR count). The molecule has 1 aromatic carbocycles. The molecule has 1 atom stereocenters. The van der Waals surface area contributed by atoms with Gasteiger partial charge in [-0.2, -0.15) is 0 Å². The summed E-state index contributed by atoms with van der Waals surface area (Å²) in [5.74, 6) is 2.15. The van der Waals surface area contributed by atoms with Gasteiger partial charge in [-0.1, -0.05) is 29.9 Å². The van der Waals surface area contributed by atoms with Crippen LogP contribution in [0, 0.1) is 0 Å². The number of allylic oxidation sites excluding steroid dienone is 5. The van der Waals surface area contributed by atoms with E-state index >= 15 is 0 Å². The molecule has 5 heteroatoms. The van der Waals surface area contributed by atoms with E-state index in [1.807, 2.05) is 6.07 Å². The zero-order valence-electron chi connectivity index (χ0n) is 19.5. The quantitative estimate of drug-likeness (QED) is 0.383. The van der Waals surface area contributed by atoms with Gasteiger partial charge in [0.2, 0.25) is 12.5 Å². The number of nitrogens with zero attached hydrogens (tertiary/aromatic N) is 1. The van der Waals surface area contributed by atoms with Crippen molar-refractivity contribution in [2.24, 2.45) is 0 Å². The van der Waals surface area contributed by atoms with Gasteiger partial charge in [0, 0.05) is 24.6 Å². The number of carbonyl (C=O) groups is 1. The monoisotopic (exact) mass is 425 g/mol. The van der Waals surface area contributed by atoms with Crippen molar-refractivity contribution in [2.75, 3.05) is 27.5 Å². The average molecular weight is 426 g/mol. The second-order valence-electron chi connectivity index (χ2n) is 8.77. The van der Waals surface area contributed by atoms with Crippen molar-refractivity contribution in [2.45, 2.75) is 58.9 Å². The van der Waals surface area contributed by atoms with E-state index in [1.54, 1.807) is 7.11 Å². The highest BCUT2D eigenvalue weighted by molar-refractivity contribution is 5.95. The fourth-order valence-corrected chi connectivity index (χ4v) is 4.20. The Morgan fingerprint density at radius 1 is 1.29 bits per heavy atom. The number of ketones is 1. The van der Waals surface area contributed by atoms with Crippen molar-refractivity contribution in [1.82, 2.24) is 4.90 Å². The summed E-state index contributed by atoms with van der Waals surface area (Å²) in [4.78, 5) is 15.3. The highest BCUT2D eigenvalue weighted by Crippen LogP contribution is 2.50. The fourth-order valence-electron chi connectivity index (χ4n) is 4.20. The van der Waals surface area contributed by atoms with Crippen LogP contribution in [-0.4, -0.2) is 38.2 Å². The number of ether oxygens (including phenoxy) is 3. The minimum Gasteiger partial charge on any atom is -0.492 e. The van der Waals surface area contributed by atoms with Crippen LogP contribution >= 0.6 is 0 Å². The second-order valence-corrected chi connectivity index (χ2v) is 8.77. The SMILES string of the molecule is C=C(CC=C(C)CCC=C(C)C)C(=O)C[C@@H]1c2c(cc3c(c2OC)OCO3)CCN1C. The number of carbonyl (C=O) groups excluding carboxylic acids is 1. The summed E-state index contributed by atoms with van der Waals surface area (Å²) in [7, 11) is 3.70. The average Bonchev–Trinajstić information content (AvgIpc) is 3.20. The van der Waals surface area contributed by atoms with Gasteiger partial charge in [0.25, 0.3) is 0 Å². The van der Waals surface area contributed by atoms with Gasteiger partial charge in [-0.15, -0.1) is 0 Å². The third-order valence-corrected chi connectivity index (χ3v) is 6.11. The molecule has 0 amide bonds. The Hall–Kier alpha value is -2.53. The van der Waals surface area contributed by atoms with Gasteiger partial charge in [0.15, 0.2) is 17.3 Å². The molecule has 0 saturated heterocycles. The largest absolute Gasteiger partial charge is 0.492 e. The Morgan fingerprint density at radius 3 is 2.77 bits per heavy atom. The number of methoxy groups -OCH3 is 1. The van der Waals surface area contributed by atoms with Gasteiger partial charge in [-0.3, -0.25) is 9.69 Å². The molecule has 0 bridgehead atoms. The van der Waals surface area contributed by atoms with E-state index in [0.29, 0.717) is 29.9 Å². The summed E-state index contributed by atoms with van der Waals surface area (Å²) in [6, 6.07) is 1.97. The molecule has 5 nitrogen and oxygen atoms in total. The number of hydrogen-bond acceptors (Lipinski definition) is 5. The third-order valence-electron chi connectivity index (χ3n) is 6.11. The molecule has 0 saturated carbocycles. The van der Waals surface area contributed by atoms with Crippen LogP contribution < -0.4 is 14.2 Å². The van der Waals surface area contributed by atoms with Crippen LogP contribution in [0.1, 0.15) is 63.6 Å². The minimum atomic E-state index is -0.0693. The second kappa shape index (κ2) is 10.2. The lowest BCUT2D eigenvalue weighted by Crippen LogP contribution is -2.34. The third kappa shape index (κ3) is 5.40. The number of rotatable bonds is 9. The summed E-state index contributed by atoms with van der Waals surface area (Å²) < 4.78 is 17.0. The highest BCUT2D eigenvalue weighted by atomic mass is 16.7. The molecule has 0 N–H and O–H groups in total. The standard InChI is InChI=1S/C26H35NO4/c1-17(2)8-7-9-18(3)10-11-19(4)22(28)15-21-24-20(12-13-27(21)5)14-23-25(26(24)29-6)31-16-30-23/h8,10,14,21H,4,7,9,11-13,15-16H2,1-3,5-6H3/t21-/m1/s1. The molecule has 0 aromatic heterocycles. The van der Waals surface area contributed by atoms with Gasteiger partial charge in [-0.25, -0.2) is 0 Å². The normalized spacial score (nSPS) is 17.8. The Morgan fingerprint density at radius 2 is 2.06 bits per heavy atom. The Kier molecular flexibility index (Phi) is 7.60. The van der Waals surface area contributed by atoms with E-state index in [2.05, 4.69) is 51.4 Å². The van der Waals surface area contributed by atoms with Crippen molar-refractivity contribution in [3.63, 3.8) is 0 Å². The van der Waals surface area contributed by atoms with Crippen molar-refractivity contribution in [3.05, 3.63) is 52.6 Å². The maximum absolute atomic E-state index is 13.1. The van der Waals surface area contributed by atoms with Gasteiger partial charge >= 0.3 is 0 Å². The topological polar surface area (TPSA) is 48.0 Å². The lowest BCUT2D eigenvalue weighted by atomic mass is 9.87. The first-order valence-electron chi connectivity index (χ1n) is 11.0. The van der Waals surface area contributed by atoms with Crippen molar-refractivity contribution in [1.29, 1.82) is 0 Å². The lowest BCUT2D eigenvalue weighted by Gasteiger charge is -2.35. The Bertz CT molecular complexity index is 908. The Balaban J connectivity index is 1.72. The zero-order valence-corrected chi connectivity index (χ0v) is 19.5. The van der Waals surface area contributed by atoms with E-state index < -0.39 is 0 Å². The zero-order chi connectivity index (χ0) is 22.5. The number of fused-ring (bicyclic) bond motifs is 2. The highest BCUT2D eigenvalue weighted by Gasteiger charge is 2.35. The van der Waals surface area contributed by atoms with Crippen LogP contribution in [0.4, 0.5) is 0 Å². The summed E-state index contributed by atoms with van der Waals surface area (Å²) in [6.07, 6.45) is 8.28. The van der Waals surface area contributed by atoms with Crippen molar-refractivity contribution in [3.8, 4) is 17.2 Å². The molecule has 0 aliphatic carbocycles. The van der Waals surface area contributed by atoms with Crippen LogP contribution in [0.5, 0.6) is 17.2 Å². The van der Waals surface area contributed by atoms with Crippen molar-refractivity contribution >= 4 is 5.78 Å². The maximum atomic E-state index is 13.1. The maximum Gasteiger partial charge on any atom is 0.231 e. The summed E-state index contributed by atoms with van der Waals surface area (Å²) in [5, 5.41) is 0. The van der Waals surface area contributed by atoms with Gasteiger partial charge in [0.05, 0.1) is 7.11 Å². The molecule has 0 unspecified atom stereocenters. The van der Waals surface area contributed by atoms with E-state index in [-0.39, 0.29) is 18.6 Å². The molecule has 2 aliphatic heterocycles. The fraction of sp³-hybridized carbons (Fsp3) is 0.500. The van der Waals surface area contributed by atoms with Crippen LogP contribution in [-0.2, 0) is 11.2 Å². The van der Waals surface area contributed by atoms with E-state index in [4.69, 9.17) is 14.2 Å². The Labute approximate surface area is 186 Å². The van der Waals surface area contributed by atoms with Crippen molar-refractivity contribution < 1.29 is 19.0 Å². The summed E-state index contributed by atoms with van der Waals surface area (Å²) in [5.41, 5.74) is 5.48.